The van der Waals surface area contributed by atoms with Gasteiger partial charge in [-0.15, -0.1) is 0 Å². The molecule has 0 fully saturated rings. The van der Waals surface area contributed by atoms with Gasteiger partial charge in [-0.05, 0) is 59.9 Å². The Kier molecular flexibility index (Phi) is 7.80. The largest absolute Gasteiger partial charge is 0.435 e. The number of hydrogen-bond acceptors (Lipinski definition) is 1. The smallest absolute Gasteiger partial charge is 0.261 e. The zero-order chi connectivity index (χ0) is 34.2. The van der Waals surface area contributed by atoms with Crippen LogP contribution in [0.3, 0.4) is 0 Å². The molecule has 0 saturated heterocycles. The first-order valence-corrected chi connectivity index (χ1v) is 17.3. The van der Waals surface area contributed by atoms with Gasteiger partial charge in [0.1, 0.15) is 11.5 Å². The molecule has 8 heteroatoms. The van der Waals surface area contributed by atoms with E-state index in [2.05, 4.69) is 73.2 Å². The summed E-state index contributed by atoms with van der Waals surface area (Å²) in [4.78, 5) is 0. The molecule has 3 aromatic heterocycles. The second-order valence-corrected chi connectivity index (χ2v) is 14.3. The van der Waals surface area contributed by atoms with Gasteiger partial charge < -0.3 is 0 Å². The number of aromatic nitrogens is 4. The Balaban J connectivity index is 1.48. The summed E-state index contributed by atoms with van der Waals surface area (Å²) in [6, 6.07) is 17.2. The van der Waals surface area contributed by atoms with Gasteiger partial charge in [0.05, 0.1) is 16.9 Å². The Hall–Kier alpha value is -4.07. The fraction of sp³-hybridized carbons (Fsp3) is 0.425. The lowest BCUT2D eigenvalue weighted by Gasteiger charge is -2.39. The van der Waals surface area contributed by atoms with E-state index in [-0.39, 0.29) is 17.2 Å². The topological polar surface area (TPSA) is 25.6 Å². The second-order valence-electron chi connectivity index (χ2n) is 14.3. The van der Waals surface area contributed by atoms with Crippen LogP contribution in [0.25, 0.3) is 33.4 Å². The molecule has 0 spiro atoms. The molecule has 48 heavy (non-hydrogen) atoms. The lowest BCUT2D eigenvalue weighted by atomic mass is 9.61. The number of rotatable bonds is 8. The second kappa shape index (κ2) is 11.5. The van der Waals surface area contributed by atoms with E-state index in [0.717, 1.165) is 60.6 Å². The maximum absolute atomic E-state index is 16.3. The Labute approximate surface area is 280 Å². The van der Waals surface area contributed by atoms with Crippen LogP contribution in [0.4, 0.5) is 17.6 Å². The molecule has 0 radical (unpaired) electrons. The molecule has 2 aliphatic rings. The summed E-state index contributed by atoms with van der Waals surface area (Å²) in [6.07, 6.45) is 4.49. The molecule has 1 unspecified atom stereocenters. The summed E-state index contributed by atoms with van der Waals surface area (Å²) in [5.74, 6) is -0.137. The Morgan fingerprint density at radius 2 is 1.71 bits per heavy atom. The molecule has 1 aliphatic heterocycles. The fourth-order valence-electron chi connectivity index (χ4n) is 9.03. The Morgan fingerprint density at radius 1 is 0.958 bits per heavy atom. The van der Waals surface area contributed by atoms with Crippen molar-refractivity contribution in [3.63, 3.8) is 0 Å². The van der Waals surface area contributed by atoms with Crippen molar-refractivity contribution >= 4 is 10.8 Å². The summed E-state index contributed by atoms with van der Waals surface area (Å²) in [5.41, 5.74) is 5.82. The van der Waals surface area contributed by atoms with E-state index in [1.807, 2.05) is 30.5 Å². The van der Waals surface area contributed by atoms with Crippen LogP contribution < -0.4 is 9.13 Å². The van der Waals surface area contributed by atoms with Gasteiger partial charge in [0.2, 0.25) is 11.4 Å². The van der Waals surface area contributed by atoms with Crippen molar-refractivity contribution in [2.45, 2.75) is 96.8 Å². The van der Waals surface area contributed by atoms with Crippen LogP contribution in [0.2, 0.25) is 0 Å². The van der Waals surface area contributed by atoms with Gasteiger partial charge in [-0.2, -0.15) is 27.4 Å². The van der Waals surface area contributed by atoms with Gasteiger partial charge in [0.25, 0.3) is 0 Å². The van der Waals surface area contributed by atoms with Crippen molar-refractivity contribution in [3.05, 3.63) is 101 Å². The van der Waals surface area contributed by atoms with E-state index < -0.39 is 17.3 Å². The number of nitrogens with zero attached hydrogens (tertiary/aromatic N) is 4. The SMILES string of the molecule is CCCCc1ccc2c3c4[n+](ccc13)CC(C[n+]1ccccc1-c1cc(C(F)(F)F)nn1C)C(CC)(CC)c1ccc(F)c(c1-4)C2(C)C. The number of hydrogen-bond donors (Lipinski definition) is 0. The van der Waals surface area contributed by atoms with Crippen molar-refractivity contribution < 1.29 is 26.7 Å². The number of aryl methyl sites for hydroxylation is 2. The van der Waals surface area contributed by atoms with E-state index in [0.29, 0.717) is 24.5 Å². The van der Waals surface area contributed by atoms with Crippen LogP contribution in [0, 0.1) is 11.7 Å². The molecule has 0 saturated carbocycles. The summed E-state index contributed by atoms with van der Waals surface area (Å²) < 4.78 is 63.2. The average molecular weight is 657 g/mol. The third-order valence-electron chi connectivity index (χ3n) is 11.6. The monoisotopic (exact) mass is 656 g/mol. The predicted octanol–water partition coefficient (Wildman–Crippen LogP) is 9.01. The first-order chi connectivity index (χ1) is 22.9. The molecular weight excluding hydrogens is 612 g/mol. The molecule has 2 aromatic carbocycles. The molecule has 0 amide bonds. The zero-order valence-corrected chi connectivity index (χ0v) is 28.7. The van der Waals surface area contributed by atoms with Crippen LogP contribution in [-0.2, 0) is 43.6 Å². The van der Waals surface area contributed by atoms with E-state index in [4.69, 9.17) is 0 Å². The van der Waals surface area contributed by atoms with Gasteiger partial charge in [-0.3, -0.25) is 4.68 Å². The lowest BCUT2D eigenvalue weighted by molar-refractivity contribution is -0.728. The number of pyridine rings is 2. The Bertz CT molecular complexity index is 2050. The maximum Gasteiger partial charge on any atom is 0.435 e. The summed E-state index contributed by atoms with van der Waals surface area (Å²) in [6.45, 7) is 12.2. The minimum atomic E-state index is -4.54. The van der Waals surface area contributed by atoms with Gasteiger partial charge in [-0.25, -0.2) is 4.39 Å². The number of halogens is 4. The third-order valence-corrected chi connectivity index (χ3v) is 11.6. The molecule has 4 heterocycles. The number of unbranched alkanes of at least 4 members (excludes halogenated alkanes) is 1. The quantitative estimate of drug-likeness (QED) is 0.121. The van der Waals surface area contributed by atoms with Crippen molar-refractivity contribution in [2.24, 2.45) is 13.0 Å². The summed E-state index contributed by atoms with van der Waals surface area (Å²) in [5, 5.41) is 6.28. The van der Waals surface area contributed by atoms with Crippen LogP contribution >= 0.6 is 0 Å². The van der Waals surface area contributed by atoms with Crippen molar-refractivity contribution in [2.75, 3.05) is 0 Å². The number of benzene rings is 2. The third kappa shape index (κ3) is 4.72. The summed E-state index contributed by atoms with van der Waals surface area (Å²) >= 11 is 0. The van der Waals surface area contributed by atoms with Crippen LogP contribution in [0.15, 0.2) is 67.0 Å². The van der Waals surface area contributed by atoms with Crippen molar-refractivity contribution in [1.82, 2.24) is 9.78 Å². The molecule has 0 N–H and O–H groups in total. The molecule has 7 rings (SSSR count). The standard InChI is InChI=1S/C40H44F4N4/c1-7-10-13-25-15-16-28-34-27(25)19-21-48-24-26(23-47-20-12-11-14-31(47)32-22-33(40(42,43)44)45-46(32)6)39(8-2,9-3)29-17-18-30(41)36(38(28,4)5)35(29)37(34)48/h11-12,14-22,26H,7-10,13,23-24H2,1-6H3/q+2. The molecular formula is C40H44F4N4+2. The van der Waals surface area contributed by atoms with E-state index in [1.54, 1.807) is 13.1 Å². The normalized spacial score (nSPS) is 17.5. The lowest BCUT2D eigenvalue weighted by Crippen LogP contribution is -2.52. The highest BCUT2D eigenvalue weighted by Crippen LogP contribution is 2.55. The van der Waals surface area contributed by atoms with Crippen molar-refractivity contribution in [3.8, 4) is 22.6 Å². The Morgan fingerprint density at radius 3 is 2.40 bits per heavy atom. The van der Waals surface area contributed by atoms with Crippen LogP contribution in [-0.4, -0.2) is 9.78 Å². The highest BCUT2D eigenvalue weighted by molar-refractivity contribution is 6.02. The average Bonchev–Trinajstić information content (AvgIpc) is 3.41. The first kappa shape index (κ1) is 32.5. The number of alkyl halides is 3. The molecule has 1 atom stereocenters. The minimum Gasteiger partial charge on any atom is -0.261 e. The highest BCUT2D eigenvalue weighted by atomic mass is 19.4. The fourth-order valence-corrected chi connectivity index (χ4v) is 9.03. The highest BCUT2D eigenvalue weighted by Gasteiger charge is 2.52. The van der Waals surface area contributed by atoms with Gasteiger partial charge in [-0.1, -0.05) is 59.2 Å². The van der Waals surface area contributed by atoms with Gasteiger partial charge >= 0.3 is 6.18 Å². The van der Waals surface area contributed by atoms with E-state index >= 15 is 4.39 Å². The molecule has 1 aliphatic carbocycles. The van der Waals surface area contributed by atoms with Crippen LogP contribution in [0.5, 0.6) is 0 Å². The predicted molar refractivity (Wildman–Crippen MR) is 180 cm³/mol. The molecule has 5 aromatic rings. The maximum atomic E-state index is 16.3. The van der Waals surface area contributed by atoms with Gasteiger partial charge in [0.15, 0.2) is 31.2 Å². The van der Waals surface area contributed by atoms with E-state index in [1.165, 1.54) is 26.6 Å². The molecule has 4 nitrogen and oxygen atoms in total. The molecule has 0 bridgehead atoms. The van der Waals surface area contributed by atoms with Gasteiger partial charge in [0, 0.05) is 47.7 Å². The minimum absolute atomic E-state index is 0.0441. The van der Waals surface area contributed by atoms with Crippen molar-refractivity contribution in [1.29, 1.82) is 0 Å². The zero-order valence-electron chi connectivity index (χ0n) is 28.7. The molecule has 250 valence electrons. The summed E-state index contributed by atoms with van der Waals surface area (Å²) in [7, 11) is 1.56. The van der Waals surface area contributed by atoms with Crippen LogP contribution in [0.1, 0.15) is 88.2 Å². The van der Waals surface area contributed by atoms with E-state index in [9.17, 15) is 13.2 Å². The first-order valence-electron chi connectivity index (χ1n) is 17.3.